The van der Waals surface area contributed by atoms with Crippen LogP contribution in [0.15, 0.2) is 212 Å². The third-order valence-corrected chi connectivity index (χ3v) is 12.4. The molecule has 2 heterocycles. The van der Waals surface area contributed by atoms with E-state index in [2.05, 4.69) is 217 Å². The van der Waals surface area contributed by atoms with Crippen LogP contribution in [0.25, 0.3) is 103 Å². The van der Waals surface area contributed by atoms with Crippen molar-refractivity contribution in [2.24, 2.45) is 0 Å². The van der Waals surface area contributed by atoms with Crippen LogP contribution in [0.2, 0.25) is 0 Å². The molecule has 0 saturated carbocycles. The summed E-state index contributed by atoms with van der Waals surface area (Å²) < 4.78 is 5.05. The normalized spacial score (nSPS) is 11.6. The lowest BCUT2D eigenvalue weighted by atomic mass is 9.94. The van der Waals surface area contributed by atoms with E-state index in [1.165, 1.54) is 103 Å². The van der Waals surface area contributed by atoms with Gasteiger partial charge in [-0.25, -0.2) is 0 Å². The van der Waals surface area contributed by atoms with Gasteiger partial charge in [-0.3, -0.25) is 0 Å². The Hall–Kier alpha value is -7.00. The van der Waals surface area contributed by atoms with Gasteiger partial charge in [0, 0.05) is 36.6 Å². The molecule has 2 aromatic heterocycles. The van der Waals surface area contributed by atoms with Crippen LogP contribution in [0, 0.1) is 0 Å². The molecule has 56 heavy (non-hydrogen) atoms. The number of nitrogens with zero attached hydrogens (tertiary/aromatic N) is 1. The summed E-state index contributed by atoms with van der Waals surface area (Å²) in [4.78, 5) is 0. The van der Waals surface area contributed by atoms with Crippen LogP contribution in [0.3, 0.4) is 0 Å². The van der Waals surface area contributed by atoms with Gasteiger partial charge in [0.25, 0.3) is 0 Å². The largest absolute Gasteiger partial charge is 0.309 e. The fourth-order valence-electron chi connectivity index (χ4n) is 8.47. The average Bonchev–Trinajstić information content (AvgIpc) is 3.82. The van der Waals surface area contributed by atoms with Gasteiger partial charge in [0.2, 0.25) is 0 Å². The molecule has 0 unspecified atom stereocenters. The number of aromatic nitrogens is 1. The second-order valence-corrected chi connectivity index (χ2v) is 15.6. The van der Waals surface area contributed by atoms with E-state index in [-0.39, 0.29) is 0 Å². The van der Waals surface area contributed by atoms with Crippen LogP contribution in [0.1, 0.15) is 0 Å². The Balaban J connectivity index is 0.991. The molecule has 11 aromatic rings. The highest BCUT2D eigenvalue weighted by atomic mass is 32.1. The minimum atomic E-state index is 1.18. The highest BCUT2D eigenvalue weighted by molar-refractivity contribution is 7.26. The third kappa shape index (κ3) is 5.54. The standard InChI is InChI=1S/C54H35NS/c1-3-13-36(14-4-1)38-17-9-18-39(31-38)40-19-10-20-41(32-40)42-21-11-22-44(33-42)46-24-12-25-50-49-30-28-45(35-53(49)56-54(46)50)55-51-26-8-7-23-47(51)48-29-27-43(34-52(48)55)37-15-5-2-6-16-37/h1-35H. The summed E-state index contributed by atoms with van der Waals surface area (Å²) in [5, 5.41) is 5.13. The third-order valence-electron chi connectivity index (χ3n) is 11.2. The average molecular weight is 730 g/mol. The maximum Gasteiger partial charge on any atom is 0.0547 e. The first kappa shape index (κ1) is 32.4. The maximum atomic E-state index is 2.44. The van der Waals surface area contributed by atoms with Crippen molar-refractivity contribution in [2.75, 3.05) is 0 Å². The van der Waals surface area contributed by atoms with Crippen molar-refractivity contribution in [1.29, 1.82) is 0 Å². The molecule has 0 amide bonds. The highest BCUT2D eigenvalue weighted by Gasteiger charge is 2.16. The number of rotatable bonds is 6. The molecule has 0 N–H and O–H groups in total. The first-order valence-corrected chi connectivity index (χ1v) is 20.0. The Morgan fingerprint density at radius 1 is 0.286 bits per heavy atom. The molecule has 0 bridgehead atoms. The summed E-state index contributed by atoms with van der Waals surface area (Å²) >= 11 is 1.89. The van der Waals surface area contributed by atoms with E-state index < -0.39 is 0 Å². The summed E-state index contributed by atoms with van der Waals surface area (Å²) in [6.07, 6.45) is 0. The van der Waals surface area contributed by atoms with Gasteiger partial charge < -0.3 is 4.57 Å². The predicted octanol–water partition coefficient (Wildman–Crippen LogP) is 15.5. The van der Waals surface area contributed by atoms with Crippen LogP contribution >= 0.6 is 11.3 Å². The number of thiophene rings is 1. The molecule has 2 heteroatoms. The Bertz CT molecular complexity index is 3240. The molecular formula is C54H35NS. The number of hydrogen-bond donors (Lipinski definition) is 0. The second kappa shape index (κ2) is 13.4. The van der Waals surface area contributed by atoms with Crippen molar-refractivity contribution in [1.82, 2.24) is 4.57 Å². The molecular weight excluding hydrogens is 695 g/mol. The van der Waals surface area contributed by atoms with Gasteiger partial charge in [-0.15, -0.1) is 11.3 Å². The topological polar surface area (TPSA) is 4.93 Å². The molecule has 0 aliphatic heterocycles. The Kier molecular flexibility index (Phi) is 7.75. The van der Waals surface area contributed by atoms with E-state index >= 15 is 0 Å². The van der Waals surface area contributed by atoms with E-state index in [9.17, 15) is 0 Å². The van der Waals surface area contributed by atoms with Crippen LogP contribution in [0.5, 0.6) is 0 Å². The van der Waals surface area contributed by atoms with Gasteiger partial charge in [0.15, 0.2) is 0 Å². The molecule has 0 aliphatic rings. The van der Waals surface area contributed by atoms with Crippen molar-refractivity contribution >= 4 is 53.3 Å². The number of benzene rings is 9. The quantitative estimate of drug-likeness (QED) is 0.161. The number of hydrogen-bond acceptors (Lipinski definition) is 1. The van der Waals surface area contributed by atoms with Crippen molar-refractivity contribution in [3.8, 4) is 61.3 Å². The molecule has 0 fully saturated rings. The Labute approximate surface area is 330 Å². The van der Waals surface area contributed by atoms with Crippen LogP contribution < -0.4 is 0 Å². The fourth-order valence-corrected chi connectivity index (χ4v) is 9.74. The smallest absolute Gasteiger partial charge is 0.0547 e. The van der Waals surface area contributed by atoms with E-state index in [4.69, 9.17) is 0 Å². The fraction of sp³-hybridized carbons (Fsp3) is 0. The van der Waals surface area contributed by atoms with E-state index in [0.717, 1.165) is 0 Å². The zero-order valence-corrected chi connectivity index (χ0v) is 31.4. The molecule has 9 aromatic carbocycles. The molecule has 11 rings (SSSR count). The molecule has 0 aliphatic carbocycles. The van der Waals surface area contributed by atoms with Gasteiger partial charge in [-0.1, -0.05) is 170 Å². The van der Waals surface area contributed by atoms with E-state index in [1.807, 2.05) is 11.3 Å². The number of para-hydroxylation sites is 1. The molecule has 0 spiro atoms. The molecule has 262 valence electrons. The molecule has 0 saturated heterocycles. The van der Waals surface area contributed by atoms with E-state index in [1.54, 1.807) is 0 Å². The SMILES string of the molecule is c1ccc(-c2cccc(-c3cccc(-c4cccc(-c5cccc6c5sc5cc(-n7c8ccccc8c8ccc(-c9ccccc9)cc87)ccc56)c4)c3)c2)cc1. The van der Waals surface area contributed by atoms with E-state index in [0.29, 0.717) is 0 Å². The van der Waals surface area contributed by atoms with Crippen molar-refractivity contribution in [3.05, 3.63) is 212 Å². The predicted molar refractivity (Wildman–Crippen MR) is 241 cm³/mol. The zero-order chi connectivity index (χ0) is 37.0. The summed E-state index contributed by atoms with van der Waals surface area (Å²) in [5.74, 6) is 0. The number of fused-ring (bicyclic) bond motifs is 6. The minimum Gasteiger partial charge on any atom is -0.309 e. The molecule has 0 atom stereocenters. The zero-order valence-electron chi connectivity index (χ0n) is 30.6. The summed E-state index contributed by atoms with van der Waals surface area (Å²) in [5.41, 5.74) is 15.9. The van der Waals surface area contributed by atoms with Gasteiger partial charge in [0.1, 0.15) is 0 Å². The minimum absolute atomic E-state index is 1.18. The van der Waals surface area contributed by atoms with Gasteiger partial charge >= 0.3 is 0 Å². The van der Waals surface area contributed by atoms with Crippen LogP contribution in [0.4, 0.5) is 0 Å². The molecule has 1 nitrogen and oxygen atoms in total. The Morgan fingerprint density at radius 3 is 1.45 bits per heavy atom. The summed E-state index contributed by atoms with van der Waals surface area (Å²) in [7, 11) is 0. The van der Waals surface area contributed by atoms with Crippen molar-refractivity contribution in [3.63, 3.8) is 0 Å². The second-order valence-electron chi connectivity index (χ2n) is 14.5. The summed E-state index contributed by atoms with van der Waals surface area (Å²) in [6, 6.07) is 77.5. The molecule has 0 radical (unpaired) electrons. The lowest BCUT2D eigenvalue weighted by Crippen LogP contribution is -1.93. The lowest BCUT2D eigenvalue weighted by molar-refractivity contribution is 1.19. The monoisotopic (exact) mass is 729 g/mol. The lowest BCUT2D eigenvalue weighted by Gasteiger charge is -2.10. The first-order valence-electron chi connectivity index (χ1n) is 19.2. The van der Waals surface area contributed by atoms with Gasteiger partial charge in [0.05, 0.1) is 11.0 Å². The maximum absolute atomic E-state index is 2.44. The van der Waals surface area contributed by atoms with Crippen LogP contribution in [-0.2, 0) is 0 Å². The summed E-state index contributed by atoms with van der Waals surface area (Å²) in [6.45, 7) is 0. The van der Waals surface area contributed by atoms with Crippen LogP contribution in [-0.4, -0.2) is 4.57 Å². The van der Waals surface area contributed by atoms with Gasteiger partial charge in [-0.05, 0) is 98.1 Å². The van der Waals surface area contributed by atoms with Gasteiger partial charge in [-0.2, -0.15) is 0 Å². The van der Waals surface area contributed by atoms with Crippen molar-refractivity contribution in [2.45, 2.75) is 0 Å². The van der Waals surface area contributed by atoms with Crippen molar-refractivity contribution < 1.29 is 0 Å². The highest BCUT2D eigenvalue weighted by Crippen LogP contribution is 2.43. The first-order chi connectivity index (χ1) is 27.7. The Morgan fingerprint density at radius 2 is 0.768 bits per heavy atom.